The van der Waals surface area contributed by atoms with Gasteiger partial charge in [-0.05, 0) is 74.6 Å². The minimum Gasteiger partial charge on any atom is -0.444 e. The third-order valence-electron chi connectivity index (χ3n) is 9.15. The number of carbonyl (C=O) groups excluding carboxylic acids is 3. The molecule has 1 fully saturated rings. The van der Waals surface area contributed by atoms with Crippen LogP contribution in [0.2, 0.25) is 0 Å². The van der Waals surface area contributed by atoms with Crippen molar-refractivity contribution in [2.75, 3.05) is 6.54 Å². The Labute approximate surface area is 322 Å². The van der Waals surface area contributed by atoms with Crippen molar-refractivity contribution >= 4 is 25.5 Å². The SMILES string of the molecule is CC(C)(C)OC(=O)N[C@@H](CC(=O)NC(c1ccccc1)(c1ccccc1)c1ccccc1)C(=O)N1CCC[C@H]1P(=O)(Oc1ccccc1)Oc1ccccc1. The summed E-state index contributed by atoms with van der Waals surface area (Å²) in [4.78, 5) is 44.1. The van der Waals surface area contributed by atoms with E-state index in [0.717, 1.165) is 16.7 Å². The second-order valence-corrected chi connectivity index (χ2v) is 16.3. The number of amides is 3. The summed E-state index contributed by atoms with van der Waals surface area (Å²) in [5.41, 5.74) is 0.322. The van der Waals surface area contributed by atoms with E-state index in [0.29, 0.717) is 24.3 Å². The average molecular weight is 760 g/mol. The smallest absolute Gasteiger partial charge is 0.444 e. The molecule has 6 rings (SSSR count). The van der Waals surface area contributed by atoms with Crippen molar-refractivity contribution in [3.63, 3.8) is 0 Å². The zero-order valence-electron chi connectivity index (χ0n) is 31.2. The number of ether oxygens (including phenoxy) is 1. The molecule has 0 aromatic heterocycles. The number of nitrogens with one attached hydrogen (secondary N) is 2. The molecule has 10 nitrogen and oxygen atoms in total. The third kappa shape index (κ3) is 9.45. The normalized spacial score (nSPS) is 15.0. The zero-order chi connectivity index (χ0) is 38.9. The van der Waals surface area contributed by atoms with Crippen LogP contribution in [0.3, 0.4) is 0 Å². The quantitative estimate of drug-likeness (QED) is 0.0910. The van der Waals surface area contributed by atoms with E-state index in [1.54, 1.807) is 81.4 Å². The molecule has 2 atom stereocenters. The van der Waals surface area contributed by atoms with Gasteiger partial charge >= 0.3 is 13.7 Å². The summed E-state index contributed by atoms with van der Waals surface area (Å²) in [6, 6.07) is 44.6. The van der Waals surface area contributed by atoms with Gasteiger partial charge in [0.2, 0.25) is 11.8 Å². The molecule has 55 heavy (non-hydrogen) atoms. The van der Waals surface area contributed by atoms with E-state index < -0.39 is 54.9 Å². The summed E-state index contributed by atoms with van der Waals surface area (Å²) in [6.07, 6.45) is -0.549. The van der Waals surface area contributed by atoms with Gasteiger partial charge in [-0.1, -0.05) is 127 Å². The van der Waals surface area contributed by atoms with Crippen molar-refractivity contribution in [1.82, 2.24) is 15.5 Å². The van der Waals surface area contributed by atoms with Gasteiger partial charge in [0.1, 0.15) is 28.7 Å². The van der Waals surface area contributed by atoms with Crippen molar-refractivity contribution in [3.8, 4) is 11.5 Å². The van der Waals surface area contributed by atoms with E-state index in [-0.39, 0.29) is 6.54 Å². The fraction of sp³-hybridized carbons (Fsp3) is 0.250. The number of benzene rings is 5. The lowest BCUT2D eigenvalue weighted by Gasteiger charge is -2.37. The predicted molar refractivity (Wildman–Crippen MR) is 212 cm³/mol. The Balaban J connectivity index is 1.36. The lowest BCUT2D eigenvalue weighted by atomic mass is 9.77. The molecular formula is C44H46N3O7P. The van der Waals surface area contributed by atoms with E-state index in [4.69, 9.17) is 13.8 Å². The average Bonchev–Trinajstić information content (AvgIpc) is 3.69. The summed E-state index contributed by atoms with van der Waals surface area (Å²) >= 11 is 0. The van der Waals surface area contributed by atoms with Gasteiger partial charge in [-0.2, -0.15) is 0 Å². The van der Waals surface area contributed by atoms with Crippen molar-refractivity contribution in [2.45, 2.75) is 63.0 Å². The Morgan fingerprint density at radius 1 is 0.691 bits per heavy atom. The first kappa shape index (κ1) is 38.9. The highest BCUT2D eigenvalue weighted by molar-refractivity contribution is 7.55. The molecule has 1 aliphatic rings. The fourth-order valence-corrected chi connectivity index (χ4v) is 8.99. The number of alkyl carbamates (subject to hydrolysis) is 1. The van der Waals surface area contributed by atoms with Gasteiger partial charge in [0.15, 0.2) is 5.78 Å². The monoisotopic (exact) mass is 759 g/mol. The van der Waals surface area contributed by atoms with E-state index in [1.807, 2.05) is 91.0 Å². The Bertz CT molecular complexity index is 1940. The summed E-state index contributed by atoms with van der Waals surface area (Å²) < 4.78 is 32.8. The highest BCUT2D eigenvalue weighted by atomic mass is 31.2. The van der Waals surface area contributed by atoms with Gasteiger partial charge in [0, 0.05) is 6.54 Å². The molecule has 0 spiro atoms. The van der Waals surface area contributed by atoms with E-state index in [1.165, 1.54) is 4.90 Å². The first-order chi connectivity index (χ1) is 26.5. The zero-order valence-corrected chi connectivity index (χ0v) is 32.1. The van der Waals surface area contributed by atoms with Crippen LogP contribution in [0.5, 0.6) is 11.5 Å². The number of rotatable bonds is 13. The predicted octanol–water partition coefficient (Wildman–Crippen LogP) is 8.68. The van der Waals surface area contributed by atoms with E-state index >= 15 is 0 Å². The van der Waals surface area contributed by atoms with Gasteiger partial charge < -0.3 is 29.3 Å². The second kappa shape index (κ2) is 17.1. The number of hydrogen-bond acceptors (Lipinski definition) is 7. The minimum atomic E-state index is -4.16. The van der Waals surface area contributed by atoms with Gasteiger partial charge in [0.25, 0.3) is 0 Å². The number of likely N-dealkylation sites (tertiary alicyclic amines) is 1. The molecule has 0 aliphatic carbocycles. The second-order valence-electron chi connectivity index (χ2n) is 14.3. The number of nitrogens with zero attached hydrogens (tertiary/aromatic N) is 1. The highest BCUT2D eigenvalue weighted by Crippen LogP contribution is 2.57. The van der Waals surface area contributed by atoms with Crippen molar-refractivity contribution < 1.29 is 32.7 Å². The molecule has 0 radical (unpaired) electrons. The molecule has 0 unspecified atom stereocenters. The van der Waals surface area contributed by atoms with Crippen LogP contribution in [0.1, 0.15) is 56.7 Å². The molecule has 1 heterocycles. The molecule has 0 bridgehead atoms. The highest BCUT2D eigenvalue weighted by Gasteiger charge is 2.49. The van der Waals surface area contributed by atoms with Crippen molar-refractivity contribution in [2.24, 2.45) is 0 Å². The first-order valence-corrected chi connectivity index (χ1v) is 19.9. The van der Waals surface area contributed by atoms with Gasteiger partial charge in [-0.25, -0.2) is 9.36 Å². The third-order valence-corrected chi connectivity index (χ3v) is 11.3. The molecule has 1 aliphatic heterocycles. The van der Waals surface area contributed by atoms with Crippen LogP contribution in [0.4, 0.5) is 4.79 Å². The topological polar surface area (TPSA) is 123 Å². The van der Waals surface area contributed by atoms with Crippen LogP contribution in [0, 0.1) is 0 Å². The number of para-hydroxylation sites is 2. The molecule has 1 saturated heterocycles. The summed E-state index contributed by atoms with van der Waals surface area (Å²) in [7, 11) is -4.16. The standard InChI is InChI=1S/C44H46N3O7P/c1-43(2,3)52-42(50)45-38(32-39(48)46-44(33-20-9-4-10-21-33,34-22-11-5-12-23-34)35-24-13-6-14-25-35)41(49)47-31-19-30-40(47)55(51,53-36-26-15-7-16-27-36)54-37-28-17-8-18-29-37/h4-18,20-29,38,40H,19,30-32H2,1-3H3,(H,45,50)(H,46,48)/t38-,40+/m0/s1. The Hall–Kier alpha value is -5.86. The molecule has 0 saturated carbocycles. The van der Waals surface area contributed by atoms with Crippen LogP contribution in [-0.4, -0.2) is 46.8 Å². The maximum Gasteiger partial charge on any atom is 0.453 e. The summed E-state index contributed by atoms with van der Waals surface area (Å²) in [6.45, 7) is 5.32. The minimum absolute atomic E-state index is 0.194. The van der Waals surface area contributed by atoms with Gasteiger partial charge in [0.05, 0.1) is 6.42 Å². The van der Waals surface area contributed by atoms with Crippen molar-refractivity contribution in [3.05, 3.63) is 168 Å². The summed E-state index contributed by atoms with van der Waals surface area (Å²) in [5.74, 6) is -1.55. The molecule has 5 aromatic carbocycles. The van der Waals surface area contributed by atoms with Gasteiger partial charge in [-0.15, -0.1) is 0 Å². The molecule has 11 heteroatoms. The van der Waals surface area contributed by atoms with E-state index in [9.17, 15) is 18.9 Å². The lowest BCUT2D eigenvalue weighted by molar-refractivity contribution is -0.136. The molecule has 5 aromatic rings. The lowest BCUT2D eigenvalue weighted by Crippen LogP contribution is -2.55. The maximum absolute atomic E-state index is 15.0. The largest absolute Gasteiger partial charge is 0.453 e. The maximum atomic E-state index is 15.0. The number of carbonyl (C=O) groups is 3. The van der Waals surface area contributed by atoms with Crippen LogP contribution in [0.15, 0.2) is 152 Å². The molecule has 3 amide bonds. The van der Waals surface area contributed by atoms with Crippen LogP contribution in [-0.2, 0) is 24.4 Å². The fourth-order valence-electron chi connectivity index (χ4n) is 6.81. The van der Waals surface area contributed by atoms with Crippen molar-refractivity contribution in [1.29, 1.82) is 0 Å². The molecular weight excluding hydrogens is 713 g/mol. The summed E-state index contributed by atoms with van der Waals surface area (Å²) in [5, 5.41) is 5.95. The first-order valence-electron chi connectivity index (χ1n) is 18.3. The van der Waals surface area contributed by atoms with Crippen LogP contribution in [0.25, 0.3) is 0 Å². The van der Waals surface area contributed by atoms with E-state index in [2.05, 4.69) is 10.6 Å². The Morgan fingerprint density at radius 2 is 1.11 bits per heavy atom. The Kier molecular flexibility index (Phi) is 12.1. The van der Waals surface area contributed by atoms with Crippen LogP contribution < -0.4 is 19.7 Å². The van der Waals surface area contributed by atoms with Crippen LogP contribution >= 0.6 is 7.60 Å². The molecule has 2 N–H and O–H groups in total. The van der Waals surface area contributed by atoms with Gasteiger partial charge in [-0.3, -0.25) is 9.59 Å². The Morgan fingerprint density at radius 3 is 1.53 bits per heavy atom. The number of hydrogen-bond donors (Lipinski definition) is 2. The molecule has 284 valence electrons.